The van der Waals surface area contributed by atoms with E-state index in [1.54, 1.807) is 0 Å². The van der Waals surface area contributed by atoms with Gasteiger partial charge in [-0.1, -0.05) is 111 Å². The van der Waals surface area contributed by atoms with E-state index in [0.717, 1.165) is 80.3 Å². The number of fused-ring (bicyclic) bond motifs is 12. The molecule has 3 aliphatic rings. The standard InChI is InChI=1S/C54H58O9/c1-3-25-60-51-39-13-9-14-40(51)36-44-18-12-20-46-38-42-16-10-15-41(52(42)61-26-4-2)37-45-19-11-17-43(35-39)53(45)62-33-31-58-49-23-7-5-21-47(49)56-29-27-55-28-30-57-48-22-6-8-24-50(48)59-32-34-63-54(44)46/h5-24H,3-4,25-38H2,1-2H3. The highest BCUT2D eigenvalue weighted by atomic mass is 16.6. The molecule has 0 N–H and O–H groups in total. The molecule has 0 saturated carbocycles. The third kappa shape index (κ3) is 11.2. The highest BCUT2D eigenvalue weighted by molar-refractivity contribution is 5.56. The molecule has 0 fully saturated rings. The van der Waals surface area contributed by atoms with Crippen molar-refractivity contribution in [1.82, 2.24) is 0 Å². The van der Waals surface area contributed by atoms with Crippen LogP contribution >= 0.6 is 0 Å². The molecule has 0 unspecified atom stereocenters. The van der Waals surface area contributed by atoms with Crippen LogP contribution in [0, 0.1) is 0 Å². The van der Waals surface area contributed by atoms with Crippen molar-refractivity contribution in [3.05, 3.63) is 166 Å². The summed E-state index contributed by atoms with van der Waals surface area (Å²) in [5.41, 5.74) is 8.65. The molecule has 9 heteroatoms. The average Bonchev–Trinajstić information content (AvgIpc) is 3.30. The van der Waals surface area contributed by atoms with Gasteiger partial charge in [0.1, 0.15) is 62.6 Å². The highest BCUT2D eigenvalue weighted by Crippen LogP contribution is 2.39. The van der Waals surface area contributed by atoms with Crippen LogP contribution in [-0.4, -0.2) is 66.1 Å². The molecule has 328 valence electrons. The number of hydrogen-bond acceptors (Lipinski definition) is 9. The predicted octanol–water partition coefficient (Wildman–Crippen LogP) is 10.6. The van der Waals surface area contributed by atoms with Crippen molar-refractivity contribution < 1.29 is 42.6 Å². The fourth-order valence-electron chi connectivity index (χ4n) is 8.13. The Morgan fingerprint density at radius 3 is 0.937 bits per heavy atom. The first-order valence-electron chi connectivity index (χ1n) is 22.4. The lowest BCUT2D eigenvalue weighted by molar-refractivity contribution is 0.0742. The molecular formula is C54H58O9. The fourth-order valence-corrected chi connectivity index (χ4v) is 8.13. The summed E-state index contributed by atoms with van der Waals surface area (Å²) in [5, 5.41) is 0. The number of ether oxygens (including phenoxy) is 9. The predicted molar refractivity (Wildman–Crippen MR) is 245 cm³/mol. The van der Waals surface area contributed by atoms with Crippen molar-refractivity contribution in [1.29, 1.82) is 0 Å². The summed E-state index contributed by atoms with van der Waals surface area (Å²) in [6, 6.07) is 41.3. The summed E-state index contributed by atoms with van der Waals surface area (Å²) in [6.07, 6.45) is 4.22. The molecular weight excluding hydrogens is 793 g/mol. The SMILES string of the molecule is CCCOc1c2cccc1Cc1cccc3c1OCCOc1ccccc1OCCOCCOc1ccccc1OCCOc1c(cccc1Cc1cccc(c1OCCC)C3)C2. The van der Waals surface area contributed by atoms with E-state index in [2.05, 4.69) is 86.6 Å². The average molecular weight is 851 g/mol. The van der Waals surface area contributed by atoms with Crippen LogP contribution in [0.4, 0.5) is 0 Å². The van der Waals surface area contributed by atoms with E-state index < -0.39 is 0 Å². The Labute approximate surface area is 371 Å². The van der Waals surface area contributed by atoms with Crippen LogP contribution in [0.5, 0.6) is 46.0 Å². The Morgan fingerprint density at radius 1 is 0.333 bits per heavy atom. The van der Waals surface area contributed by atoms with Gasteiger partial charge in [0, 0.05) is 25.7 Å². The maximum Gasteiger partial charge on any atom is 0.161 e. The van der Waals surface area contributed by atoms with Crippen LogP contribution < -0.4 is 37.9 Å². The molecule has 0 saturated heterocycles. The van der Waals surface area contributed by atoms with Crippen LogP contribution in [0.1, 0.15) is 71.2 Å². The van der Waals surface area contributed by atoms with Gasteiger partial charge >= 0.3 is 0 Å². The summed E-state index contributed by atoms with van der Waals surface area (Å²) in [6.45, 7) is 8.26. The van der Waals surface area contributed by atoms with Crippen LogP contribution in [0.3, 0.4) is 0 Å². The lowest BCUT2D eigenvalue weighted by Gasteiger charge is -2.23. The van der Waals surface area contributed by atoms with Gasteiger partial charge in [-0.15, -0.1) is 0 Å². The number of rotatable bonds is 6. The van der Waals surface area contributed by atoms with Gasteiger partial charge in [-0.2, -0.15) is 0 Å². The quantitative estimate of drug-likeness (QED) is 0.152. The second-order valence-corrected chi connectivity index (χ2v) is 15.6. The third-order valence-corrected chi connectivity index (χ3v) is 11.0. The molecule has 2 aliphatic heterocycles. The first-order valence-corrected chi connectivity index (χ1v) is 22.4. The molecule has 9 nitrogen and oxygen atoms in total. The van der Waals surface area contributed by atoms with Crippen LogP contribution in [0.15, 0.2) is 121 Å². The summed E-state index contributed by atoms with van der Waals surface area (Å²) < 4.78 is 57.7. The monoisotopic (exact) mass is 850 g/mol. The topological polar surface area (TPSA) is 83.1 Å². The highest BCUT2D eigenvalue weighted by Gasteiger charge is 2.22. The van der Waals surface area contributed by atoms with E-state index in [1.807, 2.05) is 48.5 Å². The van der Waals surface area contributed by atoms with E-state index in [0.29, 0.717) is 115 Å². The van der Waals surface area contributed by atoms with Crippen molar-refractivity contribution >= 4 is 0 Å². The van der Waals surface area contributed by atoms with Gasteiger partial charge < -0.3 is 42.6 Å². The minimum atomic E-state index is 0.315. The summed E-state index contributed by atoms with van der Waals surface area (Å²) >= 11 is 0. The van der Waals surface area contributed by atoms with Crippen LogP contribution in [0.2, 0.25) is 0 Å². The summed E-state index contributed by atoms with van der Waals surface area (Å²) in [4.78, 5) is 0. The second kappa shape index (κ2) is 22.2. The van der Waals surface area contributed by atoms with Crippen molar-refractivity contribution in [3.63, 3.8) is 0 Å². The van der Waals surface area contributed by atoms with Crippen molar-refractivity contribution in [2.24, 2.45) is 0 Å². The summed E-state index contributed by atoms with van der Waals surface area (Å²) in [7, 11) is 0. The van der Waals surface area contributed by atoms with Gasteiger partial charge in [-0.25, -0.2) is 0 Å². The molecule has 63 heavy (non-hydrogen) atoms. The number of para-hydroxylation sites is 8. The third-order valence-electron chi connectivity index (χ3n) is 11.0. The van der Waals surface area contributed by atoms with E-state index in [4.69, 9.17) is 42.6 Å². The smallest absolute Gasteiger partial charge is 0.161 e. The molecule has 10 bridgehead atoms. The van der Waals surface area contributed by atoms with Crippen LogP contribution in [-0.2, 0) is 30.4 Å². The van der Waals surface area contributed by atoms with Crippen molar-refractivity contribution in [3.8, 4) is 46.0 Å². The maximum atomic E-state index is 6.81. The Hall–Kier alpha value is -6.32. The second-order valence-electron chi connectivity index (χ2n) is 15.6. The van der Waals surface area contributed by atoms with E-state index in [-0.39, 0.29) is 0 Å². The normalized spacial score (nSPS) is 14.7. The molecule has 0 amide bonds. The van der Waals surface area contributed by atoms with Gasteiger partial charge in [-0.05, 0) is 81.6 Å². The zero-order chi connectivity index (χ0) is 43.1. The van der Waals surface area contributed by atoms with Gasteiger partial charge in [0.25, 0.3) is 0 Å². The lowest BCUT2D eigenvalue weighted by atomic mass is 9.91. The largest absolute Gasteiger partial charge is 0.493 e. The van der Waals surface area contributed by atoms with Gasteiger partial charge in [0.2, 0.25) is 0 Å². The number of hydrogen-bond donors (Lipinski definition) is 0. The van der Waals surface area contributed by atoms with E-state index in [1.165, 1.54) is 0 Å². The first-order chi connectivity index (χ1) is 31.2. The molecule has 0 spiro atoms. The summed E-state index contributed by atoms with van der Waals surface area (Å²) in [5.74, 6) is 6.07. The Morgan fingerprint density at radius 2 is 0.619 bits per heavy atom. The molecule has 2 heterocycles. The molecule has 1 aliphatic carbocycles. The van der Waals surface area contributed by atoms with Gasteiger partial charge in [0.05, 0.1) is 26.4 Å². The van der Waals surface area contributed by atoms with Crippen LogP contribution in [0.25, 0.3) is 0 Å². The lowest BCUT2D eigenvalue weighted by Crippen LogP contribution is -2.15. The zero-order valence-electron chi connectivity index (χ0n) is 36.5. The van der Waals surface area contributed by atoms with E-state index >= 15 is 0 Å². The van der Waals surface area contributed by atoms with Crippen molar-refractivity contribution in [2.45, 2.75) is 52.4 Å². The maximum absolute atomic E-state index is 6.81. The molecule has 6 aromatic rings. The molecule has 9 rings (SSSR count). The van der Waals surface area contributed by atoms with Gasteiger partial charge in [0.15, 0.2) is 23.0 Å². The fraction of sp³-hybridized carbons (Fsp3) is 0.333. The van der Waals surface area contributed by atoms with Crippen molar-refractivity contribution in [2.75, 3.05) is 66.1 Å². The molecule has 6 aromatic carbocycles. The van der Waals surface area contributed by atoms with Gasteiger partial charge in [-0.3, -0.25) is 0 Å². The molecule has 0 radical (unpaired) electrons. The zero-order valence-corrected chi connectivity index (χ0v) is 36.5. The Balaban J connectivity index is 1.23. The number of benzene rings is 6. The minimum Gasteiger partial charge on any atom is -0.493 e. The molecule has 0 aromatic heterocycles. The van der Waals surface area contributed by atoms with E-state index in [9.17, 15) is 0 Å². The Kier molecular flexibility index (Phi) is 15.2. The Bertz CT molecular complexity index is 2160. The molecule has 0 atom stereocenters. The minimum absolute atomic E-state index is 0.315. The first kappa shape index (κ1) is 43.3.